The minimum absolute atomic E-state index is 0.744. The second-order valence-corrected chi connectivity index (χ2v) is 22.8. The van der Waals surface area contributed by atoms with Crippen molar-refractivity contribution in [1.29, 1.82) is 0 Å². The second kappa shape index (κ2) is 14.7. The summed E-state index contributed by atoms with van der Waals surface area (Å²) in [5.74, 6) is 0. The van der Waals surface area contributed by atoms with Gasteiger partial charge in [-0.15, -0.1) is 0 Å². The van der Waals surface area contributed by atoms with E-state index in [1.807, 2.05) is 0 Å². The lowest BCUT2D eigenvalue weighted by Gasteiger charge is -2.34. The molecular weight excluding hydrogens is 809 g/mol. The second-order valence-electron chi connectivity index (χ2n) is 16.8. The van der Waals surface area contributed by atoms with Crippen LogP contribution >= 0.6 is 10.9 Å². The predicted molar refractivity (Wildman–Crippen MR) is 274 cm³/mol. The molecule has 0 N–H and O–H groups in total. The van der Waals surface area contributed by atoms with Crippen LogP contribution in [0.4, 0.5) is 0 Å². The zero-order valence-electron chi connectivity index (χ0n) is 35.0. The molecule has 4 heteroatoms. The number of rotatable bonds is 7. The van der Waals surface area contributed by atoms with Crippen LogP contribution in [0.15, 0.2) is 263 Å². The van der Waals surface area contributed by atoms with Crippen molar-refractivity contribution < 1.29 is 0 Å². The molecule has 0 amide bonds. The molecule has 1 unspecified atom stereocenters. The predicted octanol–water partition coefficient (Wildman–Crippen LogP) is 12.7. The van der Waals surface area contributed by atoms with Crippen molar-refractivity contribution in [3.8, 4) is 22.5 Å². The molecule has 13 rings (SSSR count). The number of benzene rings is 10. The van der Waals surface area contributed by atoms with E-state index >= 15 is 0 Å². The van der Waals surface area contributed by atoms with E-state index in [1.165, 1.54) is 102 Å². The van der Waals surface area contributed by atoms with E-state index in [4.69, 9.17) is 0 Å². The van der Waals surface area contributed by atoms with Crippen LogP contribution in [0.25, 0.3) is 66.1 Å². The van der Waals surface area contributed by atoms with Crippen LogP contribution in [0.5, 0.6) is 0 Å². The van der Waals surface area contributed by atoms with Crippen LogP contribution in [-0.2, 0) is 0 Å². The quantitative estimate of drug-likeness (QED) is 0.0930. The van der Waals surface area contributed by atoms with Gasteiger partial charge in [-0.05, 0) is 103 Å². The van der Waals surface area contributed by atoms with E-state index in [9.17, 15) is 0 Å². The van der Waals surface area contributed by atoms with Gasteiger partial charge in [0, 0.05) is 42.7 Å². The van der Waals surface area contributed by atoms with E-state index in [-0.39, 0.29) is 0 Å². The molecule has 10 aromatic carbocycles. The van der Waals surface area contributed by atoms with Gasteiger partial charge in [-0.1, -0.05) is 182 Å². The Labute approximate surface area is 376 Å². The highest BCUT2D eigenvalue weighted by Crippen LogP contribution is 2.65. The molecule has 64 heavy (non-hydrogen) atoms. The molecule has 0 spiro atoms. The van der Waals surface area contributed by atoms with Crippen LogP contribution in [0, 0.1) is 0 Å². The van der Waals surface area contributed by atoms with Gasteiger partial charge in [-0.2, -0.15) is 10.9 Å². The third-order valence-electron chi connectivity index (χ3n) is 13.6. The highest BCUT2D eigenvalue weighted by atomic mass is 32.2. The van der Waals surface area contributed by atoms with E-state index < -0.39 is 19.0 Å². The number of thiol groups is 1. The number of para-hydroxylation sites is 3. The summed E-state index contributed by atoms with van der Waals surface area (Å²) in [6, 6.07) is 93.2. The molecular formula is C60H42N2SSi. The van der Waals surface area contributed by atoms with Crippen molar-refractivity contribution in [3.05, 3.63) is 249 Å². The largest absolute Gasteiger partial charge is 0.309 e. The Bertz CT molecular complexity index is 3670. The Morgan fingerprint density at radius 2 is 0.797 bits per heavy atom. The van der Waals surface area contributed by atoms with Crippen molar-refractivity contribution in [1.82, 2.24) is 9.13 Å². The zero-order valence-corrected chi connectivity index (χ0v) is 36.9. The lowest BCUT2D eigenvalue weighted by atomic mass is 10.0. The third kappa shape index (κ3) is 5.40. The molecule has 1 aliphatic rings. The van der Waals surface area contributed by atoms with E-state index in [0.29, 0.717) is 0 Å². The Morgan fingerprint density at radius 3 is 1.50 bits per heavy atom. The monoisotopic (exact) mass is 850 g/mol. The lowest BCUT2D eigenvalue weighted by molar-refractivity contribution is 1.18. The minimum Gasteiger partial charge on any atom is -0.309 e. The zero-order chi connectivity index (χ0) is 42.2. The van der Waals surface area contributed by atoms with Crippen LogP contribution in [0.2, 0.25) is 0 Å². The summed E-state index contributed by atoms with van der Waals surface area (Å²) in [5, 5.41) is 10.6. The molecule has 0 saturated heterocycles. The van der Waals surface area contributed by atoms with Crippen molar-refractivity contribution >= 4 is 83.3 Å². The molecule has 12 aromatic rings. The Hall–Kier alpha value is -7.63. The Kier molecular flexibility index (Phi) is 8.51. The lowest BCUT2D eigenvalue weighted by Crippen LogP contribution is -2.74. The van der Waals surface area contributed by atoms with Gasteiger partial charge in [0.25, 0.3) is 0 Å². The number of aromatic nitrogens is 2. The van der Waals surface area contributed by atoms with Gasteiger partial charge in [0.1, 0.15) is 0 Å². The van der Waals surface area contributed by atoms with E-state index in [0.717, 1.165) is 0 Å². The van der Waals surface area contributed by atoms with Gasteiger partial charge in [-0.3, -0.25) is 0 Å². The molecule has 3 heterocycles. The van der Waals surface area contributed by atoms with Gasteiger partial charge in [0.05, 0.1) is 22.1 Å². The topological polar surface area (TPSA) is 9.86 Å². The van der Waals surface area contributed by atoms with Gasteiger partial charge in [0.15, 0.2) is 8.07 Å². The first-order valence-electron chi connectivity index (χ1n) is 22.1. The maximum atomic E-state index is 2.52. The summed E-state index contributed by atoms with van der Waals surface area (Å²) in [7, 11) is -3.65. The van der Waals surface area contributed by atoms with Gasteiger partial charge in [-0.25, -0.2) is 0 Å². The fraction of sp³-hybridized carbons (Fsp3) is 0. The van der Waals surface area contributed by atoms with Crippen molar-refractivity contribution in [2.75, 3.05) is 0 Å². The molecule has 302 valence electrons. The normalized spacial score (nSPS) is 14.0. The summed E-state index contributed by atoms with van der Waals surface area (Å²) >= 11 is 0. The van der Waals surface area contributed by atoms with Crippen LogP contribution in [0.1, 0.15) is 0 Å². The van der Waals surface area contributed by atoms with E-state index in [2.05, 4.69) is 258 Å². The molecule has 2 nitrogen and oxygen atoms in total. The van der Waals surface area contributed by atoms with Crippen LogP contribution < -0.4 is 20.7 Å². The SMILES string of the molecule is c1ccc(-n2c3ccccc3c3cc([Si](c4ccccc4)(c4ccccc4)c4ccc(-n5c6ccccc6c6c7c(ccc65)-c5ccccc5[SH]7c5ccccc5)cc4)ccc32)cc1. The van der Waals surface area contributed by atoms with Crippen molar-refractivity contribution in [3.63, 3.8) is 0 Å². The molecule has 0 aliphatic carbocycles. The molecule has 0 fully saturated rings. The third-order valence-corrected chi connectivity index (χ3v) is 20.9. The highest BCUT2D eigenvalue weighted by Gasteiger charge is 2.42. The molecule has 0 saturated carbocycles. The van der Waals surface area contributed by atoms with Gasteiger partial charge in [0.2, 0.25) is 0 Å². The van der Waals surface area contributed by atoms with Crippen LogP contribution in [0.3, 0.4) is 0 Å². The summed E-state index contributed by atoms with van der Waals surface area (Å²) < 4.78 is 4.93. The summed E-state index contributed by atoms with van der Waals surface area (Å²) in [6.45, 7) is 0. The van der Waals surface area contributed by atoms with Crippen molar-refractivity contribution in [2.45, 2.75) is 14.7 Å². The standard InChI is InChI=1S/C60H42N2SSi/c1-5-19-42(20-6-1)61-54-30-16-13-27-49(54)53-41-48(37-39-56(53)61)64(45-23-9-3-10-24-45,46-25-11-4-12-26-46)47-35-33-43(34-36-47)62-55-31-17-14-29-52(55)59-57(62)40-38-51-50-28-15-18-32-58(50)63(60(51)59)44-21-7-2-8-22-44/h1-41,63H. The van der Waals surface area contributed by atoms with Crippen LogP contribution in [-0.4, -0.2) is 17.2 Å². The summed E-state index contributed by atoms with van der Waals surface area (Å²) in [5.41, 5.74) is 9.97. The molecule has 0 radical (unpaired) electrons. The average molecular weight is 851 g/mol. The summed E-state index contributed by atoms with van der Waals surface area (Å²) in [4.78, 5) is 4.30. The fourth-order valence-corrected chi connectivity index (χ4v) is 18.5. The smallest absolute Gasteiger partial charge is 0.179 e. The highest BCUT2D eigenvalue weighted by molar-refractivity contribution is 8.17. The molecule has 2 aromatic heterocycles. The first-order valence-corrected chi connectivity index (χ1v) is 25.4. The number of hydrogen-bond acceptors (Lipinski definition) is 0. The van der Waals surface area contributed by atoms with Gasteiger partial charge >= 0.3 is 0 Å². The Morgan fingerprint density at radius 1 is 0.312 bits per heavy atom. The number of fused-ring (bicyclic) bond motifs is 10. The minimum atomic E-state index is -2.90. The van der Waals surface area contributed by atoms with E-state index in [1.54, 1.807) is 0 Å². The van der Waals surface area contributed by atoms with Gasteiger partial charge < -0.3 is 9.13 Å². The summed E-state index contributed by atoms with van der Waals surface area (Å²) in [6.07, 6.45) is 0. The maximum Gasteiger partial charge on any atom is 0.179 e. The average Bonchev–Trinajstić information content (AvgIpc) is 4.01. The Balaban J connectivity index is 1.04. The first-order chi connectivity index (χ1) is 31.8. The molecule has 0 bridgehead atoms. The first kappa shape index (κ1) is 37.0. The molecule has 1 atom stereocenters. The number of nitrogens with zero attached hydrogens (tertiary/aromatic N) is 2. The van der Waals surface area contributed by atoms with Crippen molar-refractivity contribution in [2.24, 2.45) is 0 Å². The number of hydrogen-bond donors (Lipinski definition) is 1. The maximum absolute atomic E-state index is 2.90. The fourth-order valence-electron chi connectivity index (χ4n) is 10.9. The molecule has 1 aliphatic heterocycles.